The highest BCUT2D eigenvalue weighted by Gasteiger charge is 2.27. The van der Waals surface area contributed by atoms with E-state index < -0.39 is 5.60 Å². The van der Waals surface area contributed by atoms with Crippen molar-refractivity contribution in [3.8, 4) is 0 Å². The van der Waals surface area contributed by atoms with Crippen molar-refractivity contribution >= 4 is 11.9 Å². The van der Waals surface area contributed by atoms with E-state index in [4.69, 9.17) is 4.74 Å². The van der Waals surface area contributed by atoms with E-state index in [-0.39, 0.29) is 12.1 Å². The maximum absolute atomic E-state index is 12.2. The monoisotopic (exact) mass is 306 g/mol. The molecule has 1 atom stereocenters. The molecule has 1 amide bonds. The van der Waals surface area contributed by atoms with Crippen LogP contribution in [0.1, 0.15) is 46.2 Å². The van der Waals surface area contributed by atoms with Gasteiger partial charge in [0.05, 0.1) is 0 Å². The first-order chi connectivity index (χ1) is 10.4. The van der Waals surface area contributed by atoms with Crippen LogP contribution in [0.25, 0.3) is 0 Å². The molecule has 1 saturated heterocycles. The number of amides is 1. The number of hydrogen-bond acceptors (Lipinski definition) is 5. The van der Waals surface area contributed by atoms with Crippen LogP contribution < -0.4 is 5.32 Å². The molecule has 6 nitrogen and oxygen atoms in total. The van der Waals surface area contributed by atoms with E-state index in [1.165, 1.54) is 0 Å². The Morgan fingerprint density at radius 3 is 2.91 bits per heavy atom. The van der Waals surface area contributed by atoms with Gasteiger partial charge < -0.3 is 15.0 Å². The number of piperidine rings is 1. The van der Waals surface area contributed by atoms with Crippen molar-refractivity contribution < 1.29 is 9.53 Å². The Morgan fingerprint density at radius 1 is 1.45 bits per heavy atom. The summed E-state index contributed by atoms with van der Waals surface area (Å²) in [4.78, 5) is 22.4. The average Bonchev–Trinajstić information content (AvgIpc) is 2.46. The van der Waals surface area contributed by atoms with Gasteiger partial charge in [-0.2, -0.15) is 0 Å². The minimum Gasteiger partial charge on any atom is -0.444 e. The van der Waals surface area contributed by atoms with Gasteiger partial charge in [-0.1, -0.05) is 6.92 Å². The summed E-state index contributed by atoms with van der Waals surface area (Å²) >= 11 is 0. The fourth-order valence-electron chi connectivity index (χ4n) is 2.47. The zero-order valence-corrected chi connectivity index (χ0v) is 13.9. The lowest BCUT2D eigenvalue weighted by molar-refractivity contribution is 0.0206. The van der Waals surface area contributed by atoms with E-state index in [1.807, 2.05) is 26.8 Å². The number of aryl methyl sites for hydroxylation is 1. The highest BCUT2D eigenvalue weighted by Crippen LogP contribution is 2.18. The number of likely N-dealkylation sites (tertiary alicyclic amines) is 1. The molecule has 6 heteroatoms. The third-order valence-electron chi connectivity index (χ3n) is 3.51. The first kappa shape index (κ1) is 16.5. The molecule has 0 radical (unpaired) electrons. The van der Waals surface area contributed by atoms with Crippen LogP contribution >= 0.6 is 0 Å². The van der Waals surface area contributed by atoms with Gasteiger partial charge in [-0.25, -0.2) is 14.8 Å². The summed E-state index contributed by atoms with van der Waals surface area (Å²) in [5, 5.41) is 3.40. The number of rotatable bonds is 3. The smallest absolute Gasteiger partial charge is 0.410 e. The topological polar surface area (TPSA) is 67.4 Å². The fourth-order valence-corrected chi connectivity index (χ4v) is 2.47. The van der Waals surface area contributed by atoms with Crippen molar-refractivity contribution in [1.82, 2.24) is 14.9 Å². The van der Waals surface area contributed by atoms with Gasteiger partial charge >= 0.3 is 6.09 Å². The normalized spacial score (nSPS) is 18.9. The van der Waals surface area contributed by atoms with Crippen molar-refractivity contribution in [1.29, 1.82) is 0 Å². The quantitative estimate of drug-likeness (QED) is 0.930. The molecule has 1 N–H and O–H groups in total. The van der Waals surface area contributed by atoms with E-state index in [0.29, 0.717) is 6.54 Å². The van der Waals surface area contributed by atoms with Gasteiger partial charge in [0.25, 0.3) is 0 Å². The molecule has 0 bridgehead atoms. The van der Waals surface area contributed by atoms with E-state index in [9.17, 15) is 4.79 Å². The second-order valence-electron chi connectivity index (χ2n) is 6.66. The van der Waals surface area contributed by atoms with Crippen LogP contribution in [0, 0.1) is 0 Å². The molecule has 0 spiro atoms. The fraction of sp³-hybridized carbons (Fsp3) is 0.688. The second-order valence-corrected chi connectivity index (χ2v) is 6.66. The molecule has 1 fully saturated rings. The number of hydrogen-bond donors (Lipinski definition) is 1. The molecule has 1 unspecified atom stereocenters. The second kappa shape index (κ2) is 6.94. The van der Waals surface area contributed by atoms with Gasteiger partial charge in [-0.15, -0.1) is 0 Å². The molecule has 1 aliphatic heterocycles. The molecule has 0 aliphatic carbocycles. The Labute approximate surface area is 132 Å². The van der Waals surface area contributed by atoms with Gasteiger partial charge in [-0.05, 0) is 40.0 Å². The van der Waals surface area contributed by atoms with Crippen LogP contribution in [0.4, 0.5) is 10.6 Å². The van der Waals surface area contributed by atoms with E-state index >= 15 is 0 Å². The number of carbonyl (C=O) groups is 1. The Hall–Kier alpha value is -1.85. The highest BCUT2D eigenvalue weighted by molar-refractivity contribution is 5.68. The molecule has 1 aromatic rings. The number of anilines is 1. The summed E-state index contributed by atoms with van der Waals surface area (Å²) in [5.41, 5.74) is 0.553. The minimum atomic E-state index is -0.458. The minimum absolute atomic E-state index is 0.195. The summed E-state index contributed by atoms with van der Waals surface area (Å²) < 4.78 is 5.45. The first-order valence-electron chi connectivity index (χ1n) is 7.93. The van der Waals surface area contributed by atoms with E-state index in [2.05, 4.69) is 22.2 Å². The largest absolute Gasteiger partial charge is 0.444 e. The van der Waals surface area contributed by atoms with Crippen molar-refractivity contribution in [2.24, 2.45) is 0 Å². The molecule has 1 aromatic heterocycles. The molecule has 2 heterocycles. The Balaban J connectivity index is 1.94. The average molecular weight is 306 g/mol. The molecule has 1 aliphatic rings. The standard InChI is InChI=1S/C16H26N4O2/c1-5-12-9-14(18-11-17-12)19-13-7-6-8-20(10-13)15(21)22-16(2,3)4/h9,11,13H,5-8,10H2,1-4H3,(H,17,18,19). The van der Waals surface area contributed by atoms with Gasteiger partial charge in [0.2, 0.25) is 0 Å². The van der Waals surface area contributed by atoms with E-state index in [0.717, 1.165) is 37.3 Å². The van der Waals surface area contributed by atoms with Crippen molar-refractivity contribution in [3.05, 3.63) is 18.1 Å². The van der Waals surface area contributed by atoms with E-state index in [1.54, 1.807) is 11.2 Å². The van der Waals surface area contributed by atoms with Gasteiger partial charge in [0.15, 0.2) is 0 Å². The number of carbonyl (C=O) groups excluding carboxylic acids is 1. The Bertz CT molecular complexity index is 513. The van der Waals surface area contributed by atoms with Crippen molar-refractivity contribution in [2.75, 3.05) is 18.4 Å². The third-order valence-corrected chi connectivity index (χ3v) is 3.51. The number of nitrogens with one attached hydrogen (secondary N) is 1. The van der Waals surface area contributed by atoms with Crippen LogP contribution in [-0.4, -0.2) is 45.7 Å². The predicted octanol–water partition coefficient (Wildman–Crippen LogP) is 2.85. The highest BCUT2D eigenvalue weighted by atomic mass is 16.6. The molecular formula is C16H26N4O2. The van der Waals surface area contributed by atoms with Crippen LogP contribution in [0.3, 0.4) is 0 Å². The van der Waals surface area contributed by atoms with Crippen LogP contribution in [-0.2, 0) is 11.2 Å². The molecule has 0 aromatic carbocycles. The van der Waals surface area contributed by atoms with Crippen molar-refractivity contribution in [3.63, 3.8) is 0 Å². The molecule has 2 rings (SSSR count). The first-order valence-corrected chi connectivity index (χ1v) is 7.93. The van der Waals surface area contributed by atoms with Gasteiger partial charge in [-0.3, -0.25) is 0 Å². The third kappa shape index (κ3) is 4.86. The van der Waals surface area contributed by atoms with Gasteiger partial charge in [0, 0.05) is 30.9 Å². The maximum Gasteiger partial charge on any atom is 0.410 e. The molecule has 0 saturated carbocycles. The zero-order chi connectivity index (χ0) is 16.2. The van der Waals surface area contributed by atoms with Gasteiger partial charge in [0.1, 0.15) is 17.7 Å². The summed E-state index contributed by atoms with van der Waals surface area (Å²) in [6, 6.07) is 2.16. The summed E-state index contributed by atoms with van der Waals surface area (Å²) in [6.45, 7) is 9.11. The predicted molar refractivity (Wildman–Crippen MR) is 85.9 cm³/mol. The van der Waals surface area contributed by atoms with Crippen LogP contribution in [0.2, 0.25) is 0 Å². The Morgan fingerprint density at radius 2 is 2.23 bits per heavy atom. The molecule has 122 valence electrons. The maximum atomic E-state index is 12.2. The summed E-state index contributed by atoms with van der Waals surface area (Å²) in [5.74, 6) is 0.822. The lowest BCUT2D eigenvalue weighted by atomic mass is 10.1. The lowest BCUT2D eigenvalue weighted by Gasteiger charge is -2.34. The lowest BCUT2D eigenvalue weighted by Crippen LogP contribution is -2.47. The SMILES string of the molecule is CCc1cc(NC2CCCN(C(=O)OC(C)(C)C)C2)ncn1. The zero-order valence-electron chi connectivity index (χ0n) is 13.9. The Kier molecular flexibility index (Phi) is 5.21. The molecule has 22 heavy (non-hydrogen) atoms. The number of nitrogens with zero attached hydrogens (tertiary/aromatic N) is 3. The molecular weight excluding hydrogens is 280 g/mol. The number of ether oxygens (including phenoxy) is 1. The van der Waals surface area contributed by atoms with Crippen LogP contribution in [0.15, 0.2) is 12.4 Å². The van der Waals surface area contributed by atoms with Crippen molar-refractivity contribution in [2.45, 2.75) is 58.6 Å². The summed E-state index contributed by atoms with van der Waals surface area (Å²) in [7, 11) is 0. The number of aromatic nitrogens is 2. The van der Waals surface area contributed by atoms with Crippen LogP contribution in [0.5, 0.6) is 0 Å². The summed E-state index contributed by atoms with van der Waals surface area (Å²) in [6.07, 6.45) is 4.20.